The molecule has 1 heterocycles. The van der Waals surface area contributed by atoms with Gasteiger partial charge in [-0.1, -0.05) is 13.0 Å². The number of carbonyl (C=O) groups excluding carboxylic acids is 1. The fourth-order valence-electron chi connectivity index (χ4n) is 3.53. The number of amides is 1. The molecule has 176 valence electrons. The zero-order valence-electron chi connectivity index (χ0n) is 18.5. The number of carbonyl (C=O) groups is 1. The van der Waals surface area contributed by atoms with Gasteiger partial charge in [0.05, 0.1) is 12.3 Å². The first-order valence-corrected chi connectivity index (χ1v) is 12.5. The molecule has 0 aliphatic carbocycles. The first-order chi connectivity index (χ1) is 14.2. The second kappa shape index (κ2) is 13.2. The lowest BCUT2D eigenvalue weighted by molar-refractivity contribution is -0.132. The highest BCUT2D eigenvalue weighted by Gasteiger charge is 2.20. The molecule has 2 rings (SSSR count). The largest absolute Gasteiger partial charge is 0.357 e. The van der Waals surface area contributed by atoms with Gasteiger partial charge in [-0.3, -0.25) is 4.79 Å². The fourth-order valence-corrected chi connectivity index (χ4v) is 4.38. The van der Waals surface area contributed by atoms with Crippen LogP contribution in [0, 0.1) is 11.7 Å². The van der Waals surface area contributed by atoms with Gasteiger partial charge in [0.25, 0.3) is 0 Å². The fraction of sp³-hybridized carbons (Fsp3) is 0.619. The minimum atomic E-state index is -3.24. The average molecular weight is 568 g/mol. The van der Waals surface area contributed by atoms with Gasteiger partial charge in [0.2, 0.25) is 5.91 Å². The smallest absolute Gasteiger partial charge is 0.224 e. The lowest BCUT2D eigenvalue weighted by Gasteiger charge is -2.31. The van der Waals surface area contributed by atoms with Crippen LogP contribution >= 0.6 is 24.0 Å². The van der Waals surface area contributed by atoms with Crippen molar-refractivity contribution in [2.75, 3.05) is 32.4 Å². The molecule has 7 nitrogen and oxygen atoms in total. The number of guanidine groups is 1. The zero-order valence-corrected chi connectivity index (χ0v) is 21.6. The lowest BCUT2D eigenvalue weighted by Crippen LogP contribution is -2.42. The summed E-state index contributed by atoms with van der Waals surface area (Å²) in [5.41, 5.74) is 1.06. The number of hydrogen-bond donors (Lipinski definition) is 2. The number of sulfone groups is 1. The van der Waals surface area contributed by atoms with Gasteiger partial charge in [0.1, 0.15) is 5.82 Å². The third-order valence-electron chi connectivity index (χ3n) is 4.98. The molecule has 2 N–H and O–H groups in total. The Bertz CT molecular complexity index is 864. The van der Waals surface area contributed by atoms with Gasteiger partial charge >= 0.3 is 0 Å². The molecule has 1 fully saturated rings. The van der Waals surface area contributed by atoms with E-state index in [9.17, 15) is 17.6 Å². The molecule has 1 aromatic rings. The van der Waals surface area contributed by atoms with Crippen molar-refractivity contribution in [1.82, 2.24) is 15.5 Å². The van der Waals surface area contributed by atoms with Crippen LogP contribution in [-0.2, 0) is 26.9 Å². The number of nitrogens with zero attached hydrogens (tertiary/aromatic N) is 2. The Balaban J connectivity index is 0.00000480. The summed E-state index contributed by atoms with van der Waals surface area (Å²) in [6.45, 7) is 6.93. The third kappa shape index (κ3) is 10.2. The van der Waals surface area contributed by atoms with Crippen LogP contribution in [0.25, 0.3) is 0 Å². The summed E-state index contributed by atoms with van der Waals surface area (Å²) >= 11 is 0. The van der Waals surface area contributed by atoms with Crippen molar-refractivity contribution in [2.24, 2.45) is 10.9 Å². The molecule has 1 aliphatic rings. The Morgan fingerprint density at radius 3 is 2.68 bits per heavy atom. The van der Waals surface area contributed by atoms with Crippen LogP contribution in [0.2, 0.25) is 0 Å². The van der Waals surface area contributed by atoms with Crippen LogP contribution in [-0.4, -0.2) is 57.6 Å². The maximum atomic E-state index is 13.7. The van der Waals surface area contributed by atoms with Crippen molar-refractivity contribution < 1.29 is 17.6 Å². The van der Waals surface area contributed by atoms with Crippen LogP contribution in [0.1, 0.15) is 44.2 Å². The third-order valence-corrected chi connectivity index (χ3v) is 5.81. The van der Waals surface area contributed by atoms with Gasteiger partial charge in [-0.2, -0.15) is 0 Å². The van der Waals surface area contributed by atoms with Crippen LogP contribution < -0.4 is 10.6 Å². The van der Waals surface area contributed by atoms with Gasteiger partial charge < -0.3 is 15.5 Å². The van der Waals surface area contributed by atoms with Crippen molar-refractivity contribution >= 4 is 45.7 Å². The Hall–Kier alpha value is -1.43. The number of rotatable bonds is 8. The quantitative estimate of drug-likeness (QED) is 0.286. The molecule has 0 radical (unpaired) electrons. The molecular weight excluding hydrogens is 534 g/mol. The van der Waals surface area contributed by atoms with E-state index in [2.05, 4.69) is 22.5 Å². The maximum Gasteiger partial charge on any atom is 0.224 e. The summed E-state index contributed by atoms with van der Waals surface area (Å²) in [5, 5.41) is 6.23. The highest BCUT2D eigenvalue weighted by molar-refractivity contribution is 14.0. The molecular formula is C21H34FIN4O3S. The van der Waals surface area contributed by atoms with Crippen molar-refractivity contribution in [1.29, 1.82) is 0 Å². The lowest BCUT2D eigenvalue weighted by atomic mass is 10.00. The van der Waals surface area contributed by atoms with E-state index in [0.717, 1.165) is 25.8 Å². The number of benzene rings is 1. The average Bonchev–Trinajstić information content (AvgIpc) is 2.66. The molecule has 0 spiro atoms. The van der Waals surface area contributed by atoms with Crippen molar-refractivity contribution in [3.8, 4) is 0 Å². The zero-order chi connectivity index (χ0) is 22.1. The standard InChI is InChI=1S/C21H33FN4O3S.HI/c1-4-23-21(24-10-9-20(27)26-11-5-6-16(2)14-26)25-13-18-12-19(22)8-7-17(18)15-30(3,28)29;/h7-8,12,16H,4-6,9-11,13-15H2,1-3H3,(H2,23,24,25);1H. The van der Waals surface area contributed by atoms with E-state index in [-0.39, 0.29) is 42.2 Å². The predicted molar refractivity (Wildman–Crippen MR) is 133 cm³/mol. The number of halogens is 2. The van der Waals surface area contributed by atoms with E-state index in [1.807, 2.05) is 11.8 Å². The maximum absolute atomic E-state index is 13.7. The van der Waals surface area contributed by atoms with Crippen molar-refractivity contribution in [3.63, 3.8) is 0 Å². The molecule has 10 heteroatoms. The van der Waals surface area contributed by atoms with Gasteiger partial charge in [-0.05, 0) is 48.9 Å². The summed E-state index contributed by atoms with van der Waals surface area (Å²) in [5.74, 6) is 0.585. The van der Waals surface area contributed by atoms with Gasteiger partial charge in [0.15, 0.2) is 15.8 Å². The van der Waals surface area contributed by atoms with Gasteiger partial charge in [-0.15, -0.1) is 24.0 Å². The molecule has 1 amide bonds. The molecule has 1 saturated heterocycles. The number of likely N-dealkylation sites (tertiary alicyclic amines) is 1. The Morgan fingerprint density at radius 2 is 2.03 bits per heavy atom. The molecule has 0 aromatic heterocycles. The SMILES string of the molecule is CCNC(=NCc1cc(F)ccc1CS(C)(=O)=O)NCCC(=O)N1CCCC(C)C1.I. The molecule has 0 saturated carbocycles. The summed E-state index contributed by atoms with van der Waals surface area (Å²) in [6.07, 6.45) is 3.74. The van der Waals surface area contributed by atoms with Crippen LogP contribution in [0.15, 0.2) is 23.2 Å². The second-order valence-corrected chi connectivity index (χ2v) is 10.1. The van der Waals surface area contributed by atoms with E-state index in [1.54, 1.807) is 0 Å². The molecule has 1 atom stereocenters. The highest BCUT2D eigenvalue weighted by atomic mass is 127. The number of hydrogen-bond acceptors (Lipinski definition) is 4. The summed E-state index contributed by atoms with van der Waals surface area (Å²) in [7, 11) is -3.24. The van der Waals surface area contributed by atoms with Crippen molar-refractivity contribution in [2.45, 2.75) is 45.4 Å². The summed E-state index contributed by atoms with van der Waals surface area (Å²) in [6, 6.07) is 4.05. The molecule has 31 heavy (non-hydrogen) atoms. The van der Waals surface area contributed by atoms with Gasteiger partial charge in [-0.25, -0.2) is 17.8 Å². The summed E-state index contributed by atoms with van der Waals surface area (Å²) < 4.78 is 37.0. The van der Waals surface area contributed by atoms with E-state index < -0.39 is 15.7 Å². The van der Waals surface area contributed by atoms with Gasteiger partial charge in [0, 0.05) is 38.9 Å². The minimum Gasteiger partial charge on any atom is -0.357 e. The van der Waals surface area contributed by atoms with E-state index in [4.69, 9.17) is 0 Å². The first-order valence-electron chi connectivity index (χ1n) is 10.4. The minimum absolute atomic E-state index is 0. The molecule has 0 bridgehead atoms. The highest BCUT2D eigenvalue weighted by Crippen LogP contribution is 2.17. The number of aliphatic imine (C=N–C) groups is 1. The van der Waals surface area contributed by atoms with Crippen LogP contribution in [0.3, 0.4) is 0 Å². The molecule has 1 aliphatic heterocycles. The number of nitrogens with one attached hydrogen (secondary N) is 2. The first kappa shape index (κ1) is 27.6. The normalized spacial score (nSPS) is 17.1. The Kier molecular flexibility index (Phi) is 11.7. The van der Waals surface area contributed by atoms with E-state index >= 15 is 0 Å². The van der Waals surface area contributed by atoms with Crippen molar-refractivity contribution in [3.05, 3.63) is 35.1 Å². The molecule has 1 unspecified atom stereocenters. The predicted octanol–water partition coefficient (Wildman–Crippen LogP) is 2.69. The Labute approximate surface area is 202 Å². The van der Waals surface area contributed by atoms with Crippen LogP contribution in [0.5, 0.6) is 0 Å². The number of piperidine rings is 1. The topological polar surface area (TPSA) is 90.9 Å². The summed E-state index contributed by atoms with van der Waals surface area (Å²) in [4.78, 5) is 18.8. The van der Waals surface area contributed by atoms with E-state index in [0.29, 0.717) is 42.5 Å². The van der Waals surface area contributed by atoms with E-state index in [1.165, 1.54) is 24.6 Å². The second-order valence-electron chi connectivity index (χ2n) is 7.94. The Morgan fingerprint density at radius 1 is 1.29 bits per heavy atom. The van der Waals surface area contributed by atoms with Crippen LogP contribution in [0.4, 0.5) is 4.39 Å². The monoisotopic (exact) mass is 568 g/mol. The molecule has 1 aromatic carbocycles.